The Morgan fingerprint density at radius 2 is 2.00 bits per heavy atom. The molecule has 2 N–H and O–H groups in total. The molecule has 0 spiro atoms. The summed E-state index contributed by atoms with van der Waals surface area (Å²) in [6.45, 7) is 0. The first-order chi connectivity index (χ1) is 9.19. The molecule has 0 saturated carbocycles. The zero-order chi connectivity index (χ0) is 13.7. The minimum Gasteiger partial charge on any atom is -0.497 e. The molecular weight excluding hydrogens is 243 g/mol. The van der Waals surface area contributed by atoms with Gasteiger partial charge in [-0.1, -0.05) is 12.1 Å². The van der Waals surface area contributed by atoms with Gasteiger partial charge in [-0.2, -0.15) is 0 Å². The van der Waals surface area contributed by atoms with E-state index in [0.717, 1.165) is 24.2 Å². The molecular formula is C15H17FN2O. The summed E-state index contributed by atoms with van der Waals surface area (Å²) in [7, 11) is 1.64. The van der Waals surface area contributed by atoms with Crippen LogP contribution in [0.4, 0.5) is 4.39 Å². The van der Waals surface area contributed by atoms with Gasteiger partial charge in [0.1, 0.15) is 11.6 Å². The molecule has 0 aliphatic rings. The highest BCUT2D eigenvalue weighted by atomic mass is 19.1. The third kappa shape index (κ3) is 3.76. The smallest absolute Gasteiger partial charge is 0.141 e. The number of ether oxygens (including phenoxy) is 1. The van der Waals surface area contributed by atoms with Gasteiger partial charge in [0, 0.05) is 12.2 Å². The quantitative estimate of drug-likeness (QED) is 0.899. The first kappa shape index (κ1) is 13.5. The van der Waals surface area contributed by atoms with Crippen LogP contribution in [0.3, 0.4) is 0 Å². The number of methoxy groups -OCH3 is 1. The van der Waals surface area contributed by atoms with Crippen molar-refractivity contribution in [3.8, 4) is 5.75 Å². The largest absolute Gasteiger partial charge is 0.497 e. The normalized spacial score (nSPS) is 12.2. The summed E-state index contributed by atoms with van der Waals surface area (Å²) in [5.41, 5.74) is 7.95. The lowest BCUT2D eigenvalue weighted by atomic mass is 10.0. The second kappa shape index (κ2) is 6.29. The van der Waals surface area contributed by atoms with Crippen LogP contribution < -0.4 is 10.5 Å². The number of hydrogen-bond acceptors (Lipinski definition) is 3. The van der Waals surface area contributed by atoms with Gasteiger partial charge in [-0.25, -0.2) is 4.39 Å². The fourth-order valence-corrected chi connectivity index (χ4v) is 1.91. The van der Waals surface area contributed by atoms with Crippen molar-refractivity contribution < 1.29 is 9.13 Å². The molecule has 2 rings (SSSR count). The lowest BCUT2D eigenvalue weighted by molar-refractivity contribution is 0.414. The topological polar surface area (TPSA) is 48.1 Å². The molecule has 0 bridgehead atoms. The van der Waals surface area contributed by atoms with Gasteiger partial charge in [-0.3, -0.25) is 4.98 Å². The molecule has 1 atom stereocenters. The Kier molecular flexibility index (Phi) is 4.47. The predicted octanol–water partition coefficient (Wildman–Crippen LogP) is 2.86. The van der Waals surface area contributed by atoms with Crippen molar-refractivity contribution >= 4 is 0 Å². The first-order valence-electron chi connectivity index (χ1n) is 6.18. The van der Waals surface area contributed by atoms with Crippen LogP contribution in [0.5, 0.6) is 5.75 Å². The summed E-state index contributed by atoms with van der Waals surface area (Å²) in [5.74, 6) is 0.486. The van der Waals surface area contributed by atoms with Gasteiger partial charge in [0.15, 0.2) is 0 Å². The van der Waals surface area contributed by atoms with Gasteiger partial charge in [0.05, 0.1) is 13.3 Å². The molecule has 100 valence electrons. The van der Waals surface area contributed by atoms with Gasteiger partial charge >= 0.3 is 0 Å². The fourth-order valence-electron chi connectivity index (χ4n) is 1.91. The molecule has 1 aromatic carbocycles. The van der Waals surface area contributed by atoms with E-state index in [1.54, 1.807) is 13.3 Å². The Morgan fingerprint density at radius 1 is 1.26 bits per heavy atom. The Labute approximate surface area is 112 Å². The van der Waals surface area contributed by atoms with Crippen molar-refractivity contribution in [3.63, 3.8) is 0 Å². The van der Waals surface area contributed by atoms with E-state index in [2.05, 4.69) is 4.98 Å². The molecule has 0 aliphatic carbocycles. The summed E-state index contributed by atoms with van der Waals surface area (Å²) in [6, 6.07) is 9.09. The standard InChI is InChI=1S/C15H17FN2O/c1-19-14-5-2-11(3-6-14)4-7-15(17)12-8-13(16)10-18-9-12/h2-3,5-6,8-10,15H,4,7,17H2,1H3. The van der Waals surface area contributed by atoms with Crippen LogP contribution in [0, 0.1) is 5.82 Å². The van der Waals surface area contributed by atoms with Crippen LogP contribution in [0.1, 0.15) is 23.6 Å². The number of hydrogen-bond donors (Lipinski definition) is 1. The van der Waals surface area contributed by atoms with E-state index < -0.39 is 0 Å². The molecule has 1 unspecified atom stereocenters. The lowest BCUT2D eigenvalue weighted by Crippen LogP contribution is -2.12. The van der Waals surface area contributed by atoms with Crippen molar-refractivity contribution in [2.24, 2.45) is 5.73 Å². The summed E-state index contributed by atoms with van der Waals surface area (Å²) < 4.78 is 18.1. The Balaban J connectivity index is 1.94. The van der Waals surface area contributed by atoms with Crippen LogP contribution in [-0.2, 0) is 6.42 Å². The Hall–Kier alpha value is -1.94. The van der Waals surface area contributed by atoms with Crippen LogP contribution >= 0.6 is 0 Å². The summed E-state index contributed by atoms with van der Waals surface area (Å²) in [6.07, 6.45) is 4.38. The van der Waals surface area contributed by atoms with E-state index in [0.29, 0.717) is 0 Å². The van der Waals surface area contributed by atoms with Crippen LogP contribution in [0.25, 0.3) is 0 Å². The maximum absolute atomic E-state index is 13.0. The minimum atomic E-state index is -0.350. The van der Waals surface area contributed by atoms with Crippen molar-refractivity contribution in [2.75, 3.05) is 7.11 Å². The molecule has 4 heteroatoms. The molecule has 0 aliphatic heterocycles. The molecule has 0 fully saturated rings. The third-order valence-corrected chi connectivity index (χ3v) is 3.06. The summed E-state index contributed by atoms with van der Waals surface area (Å²) in [5, 5.41) is 0. The highest BCUT2D eigenvalue weighted by Gasteiger charge is 2.07. The number of nitrogens with two attached hydrogens (primary N) is 1. The highest BCUT2D eigenvalue weighted by Crippen LogP contribution is 2.18. The Morgan fingerprint density at radius 3 is 2.63 bits per heavy atom. The van der Waals surface area contributed by atoms with Crippen LogP contribution in [-0.4, -0.2) is 12.1 Å². The second-order valence-electron chi connectivity index (χ2n) is 4.43. The van der Waals surface area contributed by atoms with Gasteiger partial charge in [0.2, 0.25) is 0 Å². The zero-order valence-corrected chi connectivity index (χ0v) is 10.8. The van der Waals surface area contributed by atoms with Crippen molar-refractivity contribution in [3.05, 3.63) is 59.7 Å². The van der Waals surface area contributed by atoms with E-state index in [9.17, 15) is 4.39 Å². The molecule has 1 heterocycles. The number of benzene rings is 1. The number of pyridine rings is 1. The van der Waals surface area contributed by atoms with E-state index in [-0.39, 0.29) is 11.9 Å². The maximum Gasteiger partial charge on any atom is 0.141 e. The Bertz CT molecular complexity index is 528. The highest BCUT2D eigenvalue weighted by molar-refractivity contribution is 5.27. The van der Waals surface area contributed by atoms with Gasteiger partial charge in [-0.15, -0.1) is 0 Å². The van der Waals surface area contributed by atoms with Crippen LogP contribution in [0.15, 0.2) is 42.7 Å². The number of aryl methyl sites for hydroxylation is 1. The van der Waals surface area contributed by atoms with Gasteiger partial charge in [0.25, 0.3) is 0 Å². The lowest BCUT2D eigenvalue weighted by Gasteiger charge is -2.11. The minimum absolute atomic E-state index is 0.203. The first-order valence-corrected chi connectivity index (χ1v) is 6.18. The van der Waals surface area contributed by atoms with E-state index in [4.69, 9.17) is 10.5 Å². The fraction of sp³-hybridized carbons (Fsp3) is 0.267. The van der Waals surface area contributed by atoms with Crippen molar-refractivity contribution in [1.82, 2.24) is 4.98 Å². The maximum atomic E-state index is 13.0. The molecule has 1 aromatic heterocycles. The van der Waals surface area contributed by atoms with Crippen molar-refractivity contribution in [1.29, 1.82) is 0 Å². The SMILES string of the molecule is COc1ccc(CCC(N)c2cncc(F)c2)cc1. The van der Waals surface area contributed by atoms with Crippen molar-refractivity contribution in [2.45, 2.75) is 18.9 Å². The van der Waals surface area contributed by atoms with Gasteiger partial charge in [-0.05, 0) is 42.2 Å². The average molecular weight is 260 g/mol. The molecule has 19 heavy (non-hydrogen) atoms. The van der Waals surface area contributed by atoms with E-state index in [1.165, 1.54) is 17.8 Å². The molecule has 2 aromatic rings. The van der Waals surface area contributed by atoms with E-state index in [1.807, 2.05) is 24.3 Å². The van der Waals surface area contributed by atoms with E-state index >= 15 is 0 Å². The number of aromatic nitrogens is 1. The number of halogens is 1. The van der Waals surface area contributed by atoms with Crippen LogP contribution in [0.2, 0.25) is 0 Å². The average Bonchev–Trinajstić information content (AvgIpc) is 2.45. The monoisotopic (exact) mass is 260 g/mol. The summed E-state index contributed by atoms with van der Waals surface area (Å²) in [4.78, 5) is 3.81. The molecule has 3 nitrogen and oxygen atoms in total. The summed E-state index contributed by atoms with van der Waals surface area (Å²) >= 11 is 0. The number of nitrogens with zero attached hydrogens (tertiary/aromatic N) is 1. The van der Waals surface area contributed by atoms with Gasteiger partial charge < -0.3 is 10.5 Å². The molecule has 0 saturated heterocycles. The number of rotatable bonds is 5. The molecule has 0 amide bonds. The molecule has 0 radical (unpaired) electrons. The third-order valence-electron chi connectivity index (χ3n) is 3.06. The zero-order valence-electron chi connectivity index (χ0n) is 10.8. The second-order valence-corrected chi connectivity index (χ2v) is 4.43. The predicted molar refractivity (Wildman–Crippen MR) is 72.4 cm³/mol.